The maximum Gasteiger partial charge on any atom is 0.251 e. The number of carbonyl (C=O) groups excluding carboxylic acids is 2. The van der Waals surface area contributed by atoms with Gasteiger partial charge in [-0.25, -0.2) is 0 Å². The molecule has 0 saturated carbocycles. The van der Waals surface area contributed by atoms with Gasteiger partial charge in [-0.05, 0) is 36.0 Å². The van der Waals surface area contributed by atoms with Crippen molar-refractivity contribution in [1.29, 1.82) is 5.26 Å². The third-order valence-electron chi connectivity index (χ3n) is 4.43. The Bertz CT molecular complexity index is 630. The zero-order valence-corrected chi connectivity index (χ0v) is 14.6. The fraction of sp³-hybridized carbons (Fsp3) is 0.526. The van der Waals surface area contributed by atoms with Crippen LogP contribution in [0.3, 0.4) is 0 Å². The molecular weight excluding hydrogens is 302 g/mol. The number of rotatable bonds is 3. The summed E-state index contributed by atoms with van der Waals surface area (Å²) < 4.78 is 0. The van der Waals surface area contributed by atoms with Gasteiger partial charge in [-0.15, -0.1) is 0 Å². The van der Waals surface area contributed by atoms with Gasteiger partial charge in [0.1, 0.15) is 6.42 Å². The number of nitrogens with one attached hydrogen (secondary N) is 1. The van der Waals surface area contributed by atoms with E-state index in [9.17, 15) is 9.59 Å². The lowest BCUT2D eigenvalue weighted by Crippen LogP contribution is -2.46. The molecule has 0 spiro atoms. The number of nitriles is 1. The highest BCUT2D eigenvalue weighted by Crippen LogP contribution is 2.22. The smallest absolute Gasteiger partial charge is 0.251 e. The Balaban J connectivity index is 1.88. The predicted octanol–water partition coefficient (Wildman–Crippen LogP) is 2.62. The van der Waals surface area contributed by atoms with Gasteiger partial charge in [0.15, 0.2) is 0 Å². The highest BCUT2D eigenvalue weighted by atomic mass is 16.2. The van der Waals surface area contributed by atoms with Gasteiger partial charge in [0.2, 0.25) is 5.91 Å². The molecule has 1 aromatic carbocycles. The van der Waals surface area contributed by atoms with E-state index >= 15 is 0 Å². The van der Waals surface area contributed by atoms with Crippen LogP contribution in [-0.2, 0) is 10.2 Å². The second kappa shape index (κ2) is 7.48. The van der Waals surface area contributed by atoms with E-state index in [1.807, 2.05) is 30.3 Å². The predicted molar refractivity (Wildman–Crippen MR) is 92.4 cm³/mol. The fourth-order valence-corrected chi connectivity index (χ4v) is 2.84. The van der Waals surface area contributed by atoms with Gasteiger partial charge < -0.3 is 10.2 Å². The average Bonchev–Trinajstić information content (AvgIpc) is 2.55. The Hall–Kier alpha value is -2.35. The lowest BCUT2D eigenvalue weighted by Gasteiger charge is -2.32. The fourth-order valence-electron chi connectivity index (χ4n) is 2.84. The van der Waals surface area contributed by atoms with E-state index in [-0.39, 0.29) is 29.7 Å². The number of benzene rings is 1. The van der Waals surface area contributed by atoms with E-state index in [1.165, 1.54) is 5.56 Å². The Morgan fingerprint density at radius 2 is 1.79 bits per heavy atom. The molecule has 1 heterocycles. The van der Waals surface area contributed by atoms with Crippen LogP contribution in [-0.4, -0.2) is 35.8 Å². The lowest BCUT2D eigenvalue weighted by molar-refractivity contribution is -0.131. The Morgan fingerprint density at radius 1 is 1.21 bits per heavy atom. The molecule has 1 aliphatic rings. The molecule has 5 nitrogen and oxygen atoms in total. The molecule has 0 atom stereocenters. The van der Waals surface area contributed by atoms with Gasteiger partial charge >= 0.3 is 0 Å². The van der Waals surface area contributed by atoms with Gasteiger partial charge in [-0.2, -0.15) is 5.26 Å². The molecule has 1 aromatic rings. The lowest BCUT2D eigenvalue weighted by atomic mass is 9.86. The van der Waals surface area contributed by atoms with Crippen molar-refractivity contribution >= 4 is 11.8 Å². The number of piperidine rings is 1. The van der Waals surface area contributed by atoms with Crippen LogP contribution < -0.4 is 5.32 Å². The minimum absolute atomic E-state index is 0.0673. The zero-order valence-electron chi connectivity index (χ0n) is 14.6. The number of hydrogen-bond acceptors (Lipinski definition) is 3. The summed E-state index contributed by atoms with van der Waals surface area (Å²) in [6.07, 6.45) is 1.38. The van der Waals surface area contributed by atoms with Gasteiger partial charge in [0.05, 0.1) is 6.07 Å². The summed E-state index contributed by atoms with van der Waals surface area (Å²) in [6, 6.07) is 9.68. The summed E-state index contributed by atoms with van der Waals surface area (Å²) in [6.45, 7) is 7.61. The Kier molecular flexibility index (Phi) is 5.61. The van der Waals surface area contributed by atoms with Crippen molar-refractivity contribution in [3.8, 4) is 6.07 Å². The molecule has 0 aromatic heterocycles. The van der Waals surface area contributed by atoms with Crippen LogP contribution in [0.15, 0.2) is 24.3 Å². The SMILES string of the molecule is CC(C)(C)c1ccc(C(=O)NC2CCN(C(=O)CC#N)CC2)cc1. The average molecular weight is 327 g/mol. The third-order valence-corrected chi connectivity index (χ3v) is 4.43. The molecule has 0 aliphatic carbocycles. The van der Waals surface area contributed by atoms with Crippen molar-refractivity contribution in [2.75, 3.05) is 13.1 Å². The van der Waals surface area contributed by atoms with Crippen LogP contribution in [0.1, 0.15) is 56.0 Å². The van der Waals surface area contributed by atoms with Crippen molar-refractivity contribution in [2.24, 2.45) is 0 Å². The highest BCUT2D eigenvalue weighted by Gasteiger charge is 2.24. The first-order valence-corrected chi connectivity index (χ1v) is 8.37. The molecule has 1 N–H and O–H groups in total. The number of amides is 2. The van der Waals surface area contributed by atoms with Crippen molar-refractivity contribution in [2.45, 2.75) is 51.5 Å². The van der Waals surface area contributed by atoms with Crippen molar-refractivity contribution in [3.63, 3.8) is 0 Å². The topological polar surface area (TPSA) is 73.2 Å². The summed E-state index contributed by atoms with van der Waals surface area (Å²) in [5.74, 6) is -0.197. The maximum atomic E-state index is 12.4. The quantitative estimate of drug-likeness (QED) is 0.927. The van der Waals surface area contributed by atoms with Crippen LogP contribution in [0.25, 0.3) is 0 Å². The molecule has 0 unspecified atom stereocenters. The minimum Gasteiger partial charge on any atom is -0.349 e. The molecule has 24 heavy (non-hydrogen) atoms. The van der Waals surface area contributed by atoms with Crippen molar-refractivity contribution in [1.82, 2.24) is 10.2 Å². The van der Waals surface area contributed by atoms with Gasteiger partial charge in [0, 0.05) is 24.7 Å². The maximum absolute atomic E-state index is 12.4. The first kappa shape index (κ1) is 18.0. The monoisotopic (exact) mass is 327 g/mol. The molecule has 2 rings (SSSR count). The molecule has 5 heteroatoms. The molecule has 1 saturated heterocycles. The minimum atomic E-state index is -0.125. The molecule has 128 valence electrons. The van der Waals surface area contributed by atoms with Gasteiger partial charge in [-0.1, -0.05) is 32.9 Å². The van der Waals surface area contributed by atoms with Gasteiger partial charge in [0.25, 0.3) is 5.91 Å². The zero-order chi connectivity index (χ0) is 17.7. The van der Waals surface area contributed by atoms with Crippen LogP contribution in [0, 0.1) is 11.3 Å². The van der Waals surface area contributed by atoms with E-state index in [0.29, 0.717) is 18.7 Å². The van der Waals surface area contributed by atoms with E-state index in [1.54, 1.807) is 4.90 Å². The van der Waals surface area contributed by atoms with Gasteiger partial charge in [-0.3, -0.25) is 9.59 Å². The van der Waals surface area contributed by atoms with E-state index in [0.717, 1.165) is 12.8 Å². The number of likely N-dealkylation sites (tertiary alicyclic amines) is 1. The highest BCUT2D eigenvalue weighted by molar-refractivity contribution is 5.94. The van der Waals surface area contributed by atoms with Crippen LogP contribution in [0.2, 0.25) is 0 Å². The standard InChI is InChI=1S/C19H25N3O2/c1-19(2,3)15-6-4-14(5-7-15)18(24)21-16-9-12-22(13-10-16)17(23)8-11-20/h4-7,16H,8-10,12-13H2,1-3H3,(H,21,24). The normalized spacial score (nSPS) is 15.7. The summed E-state index contributed by atoms with van der Waals surface area (Å²) in [4.78, 5) is 25.7. The number of carbonyl (C=O) groups is 2. The van der Waals surface area contributed by atoms with E-state index in [2.05, 4.69) is 26.1 Å². The second-order valence-electron chi connectivity index (χ2n) is 7.29. The molecule has 1 aliphatic heterocycles. The van der Waals surface area contributed by atoms with Crippen LogP contribution in [0.5, 0.6) is 0 Å². The van der Waals surface area contributed by atoms with Crippen molar-refractivity contribution < 1.29 is 9.59 Å². The number of hydrogen-bond donors (Lipinski definition) is 1. The molecule has 1 fully saturated rings. The largest absolute Gasteiger partial charge is 0.349 e. The Labute approximate surface area is 143 Å². The summed E-state index contributed by atoms with van der Waals surface area (Å²) in [7, 11) is 0. The van der Waals surface area contributed by atoms with Crippen molar-refractivity contribution in [3.05, 3.63) is 35.4 Å². The van der Waals surface area contributed by atoms with Crippen LogP contribution in [0.4, 0.5) is 0 Å². The first-order valence-electron chi connectivity index (χ1n) is 8.37. The second-order valence-corrected chi connectivity index (χ2v) is 7.29. The van der Waals surface area contributed by atoms with E-state index in [4.69, 9.17) is 5.26 Å². The van der Waals surface area contributed by atoms with E-state index < -0.39 is 0 Å². The summed E-state index contributed by atoms with van der Waals surface area (Å²) in [5.41, 5.74) is 1.92. The summed E-state index contributed by atoms with van der Waals surface area (Å²) >= 11 is 0. The number of nitrogens with zero attached hydrogens (tertiary/aromatic N) is 2. The molecule has 0 radical (unpaired) electrons. The molecule has 2 amide bonds. The van der Waals surface area contributed by atoms with Crippen LogP contribution >= 0.6 is 0 Å². The third kappa shape index (κ3) is 4.58. The molecule has 0 bridgehead atoms. The Morgan fingerprint density at radius 3 is 2.29 bits per heavy atom. The first-order chi connectivity index (χ1) is 11.3. The summed E-state index contributed by atoms with van der Waals surface area (Å²) in [5, 5.41) is 11.6. The molecular formula is C19H25N3O2.